The van der Waals surface area contributed by atoms with Gasteiger partial charge in [-0.1, -0.05) is 28.1 Å². The van der Waals surface area contributed by atoms with Gasteiger partial charge in [-0.2, -0.15) is 0 Å². The monoisotopic (exact) mass is 772 g/mol. The summed E-state index contributed by atoms with van der Waals surface area (Å²) in [5.74, 6) is 1.60. The van der Waals surface area contributed by atoms with E-state index in [0.717, 1.165) is 51.7 Å². The Bertz CT molecular complexity index is 2080. The molecule has 1 aliphatic heterocycles. The summed E-state index contributed by atoms with van der Waals surface area (Å²) in [4.78, 5) is 38.2. The van der Waals surface area contributed by atoms with E-state index in [1.807, 2.05) is 77.2 Å². The van der Waals surface area contributed by atoms with Crippen LogP contribution in [-0.4, -0.2) is 69.4 Å². The lowest BCUT2D eigenvalue weighted by Gasteiger charge is -2.34. The van der Waals surface area contributed by atoms with Crippen LogP contribution in [0.3, 0.4) is 0 Å². The maximum absolute atomic E-state index is 13.6. The number of hydrogen-bond donors (Lipinski definition) is 2. The Morgan fingerprint density at radius 3 is 2.40 bits per heavy atom. The SMILES string of the molecule is Br.COc1ccc(CN2CCN(C(=O)c3cc4cc(Oc5ccc(NC(=O)c6cc7cc(Br)ccc7[nH]6)cn5)ccc4n3C)CC2)cc1. The number of aromatic amines is 1. The number of fused-ring (bicyclic) bond motifs is 2. The van der Waals surface area contributed by atoms with E-state index in [1.54, 1.807) is 25.4 Å². The summed E-state index contributed by atoms with van der Waals surface area (Å²) < 4.78 is 14.2. The van der Waals surface area contributed by atoms with Crippen LogP contribution in [-0.2, 0) is 13.6 Å². The van der Waals surface area contributed by atoms with E-state index in [-0.39, 0.29) is 28.8 Å². The lowest BCUT2D eigenvalue weighted by Crippen LogP contribution is -2.48. The van der Waals surface area contributed by atoms with Crippen molar-refractivity contribution < 1.29 is 19.1 Å². The molecule has 2 N–H and O–H groups in total. The molecule has 4 heterocycles. The largest absolute Gasteiger partial charge is 0.497 e. The third-order valence-electron chi connectivity index (χ3n) is 8.50. The molecular weight excluding hydrogens is 740 g/mol. The number of aromatic nitrogens is 3. The van der Waals surface area contributed by atoms with Crippen LogP contribution in [0, 0.1) is 0 Å². The van der Waals surface area contributed by atoms with Crippen molar-refractivity contribution in [3.8, 4) is 17.4 Å². The third kappa shape index (κ3) is 7.10. The number of nitrogens with one attached hydrogen (secondary N) is 2. The van der Waals surface area contributed by atoms with Gasteiger partial charge in [0.25, 0.3) is 11.8 Å². The Morgan fingerprint density at radius 1 is 0.896 bits per heavy atom. The number of amides is 2. The van der Waals surface area contributed by atoms with Crippen molar-refractivity contribution in [3.05, 3.63) is 113 Å². The van der Waals surface area contributed by atoms with E-state index >= 15 is 0 Å². The molecule has 1 saturated heterocycles. The smallest absolute Gasteiger partial charge is 0.272 e. The number of carbonyl (C=O) groups excluding carboxylic acids is 2. The fourth-order valence-corrected chi connectivity index (χ4v) is 6.29. The number of ether oxygens (including phenoxy) is 2. The van der Waals surface area contributed by atoms with Gasteiger partial charge in [0.1, 0.15) is 22.9 Å². The van der Waals surface area contributed by atoms with Crippen LogP contribution < -0.4 is 14.8 Å². The molecule has 0 saturated carbocycles. The topological polar surface area (TPSA) is 105 Å². The predicted molar refractivity (Wildman–Crippen MR) is 196 cm³/mol. The molecule has 2 amide bonds. The Hall–Kier alpha value is -4.65. The third-order valence-corrected chi connectivity index (χ3v) is 9.00. The minimum absolute atomic E-state index is 0. The highest BCUT2D eigenvalue weighted by atomic mass is 79.9. The van der Waals surface area contributed by atoms with Crippen LogP contribution in [0.15, 0.2) is 95.6 Å². The number of rotatable bonds is 8. The van der Waals surface area contributed by atoms with Crippen LogP contribution in [0.4, 0.5) is 5.69 Å². The maximum Gasteiger partial charge on any atom is 0.272 e. The second-order valence-corrected chi connectivity index (χ2v) is 12.5. The summed E-state index contributed by atoms with van der Waals surface area (Å²) in [5, 5.41) is 4.71. The van der Waals surface area contributed by atoms with Gasteiger partial charge >= 0.3 is 0 Å². The highest BCUT2D eigenvalue weighted by Gasteiger charge is 2.25. The number of hydrogen-bond acceptors (Lipinski definition) is 6. The number of benzene rings is 3. The first-order valence-electron chi connectivity index (χ1n) is 15.3. The second kappa shape index (κ2) is 14.2. The van der Waals surface area contributed by atoms with Crippen molar-refractivity contribution in [1.82, 2.24) is 24.3 Å². The predicted octanol–water partition coefficient (Wildman–Crippen LogP) is 7.41. The van der Waals surface area contributed by atoms with E-state index in [1.165, 1.54) is 5.56 Å². The molecule has 0 aliphatic carbocycles. The molecule has 0 spiro atoms. The molecular formula is C36H34Br2N6O4. The number of piperazine rings is 1. The van der Waals surface area contributed by atoms with E-state index < -0.39 is 0 Å². The fraction of sp³-hybridized carbons (Fsp3) is 0.194. The van der Waals surface area contributed by atoms with Gasteiger partial charge in [0.2, 0.25) is 5.88 Å². The van der Waals surface area contributed by atoms with Crippen molar-refractivity contribution in [2.45, 2.75) is 6.54 Å². The second-order valence-electron chi connectivity index (χ2n) is 11.6. The summed E-state index contributed by atoms with van der Waals surface area (Å²) >= 11 is 3.46. The van der Waals surface area contributed by atoms with Crippen LogP contribution >= 0.6 is 32.9 Å². The zero-order valence-electron chi connectivity index (χ0n) is 26.4. The van der Waals surface area contributed by atoms with Crippen LogP contribution in [0.25, 0.3) is 21.8 Å². The highest BCUT2D eigenvalue weighted by molar-refractivity contribution is 9.10. The first-order chi connectivity index (χ1) is 22.8. The number of methoxy groups -OCH3 is 1. The summed E-state index contributed by atoms with van der Waals surface area (Å²) in [5.41, 5.74) is 4.69. The van der Waals surface area contributed by atoms with Gasteiger partial charge in [-0.15, -0.1) is 17.0 Å². The number of H-pyrrole nitrogens is 1. The molecule has 12 heteroatoms. The van der Waals surface area contributed by atoms with Gasteiger partial charge < -0.3 is 29.2 Å². The Morgan fingerprint density at radius 2 is 1.67 bits per heavy atom. The summed E-state index contributed by atoms with van der Waals surface area (Å²) in [7, 11) is 3.59. The van der Waals surface area contributed by atoms with Crippen molar-refractivity contribution in [1.29, 1.82) is 0 Å². The fourth-order valence-electron chi connectivity index (χ4n) is 5.92. The van der Waals surface area contributed by atoms with Gasteiger partial charge in [-0.3, -0.25) is 14.5 Å². The first-order valence-corrected chi connectivity index (χ1v) is 16.1. The maximum atomic E-state index is 13.6. The van der Waals surface area contributed by atoms with Gasteiger partial charge in [-0.05, 0) is 72.3 Å². The summed E-state index contributed by atoms with van der Waals surface area (Å²) in [6, 6.07) is 26.8. The Labute approximate surface area is 296 Å². The van der Waals surface area contributed by atoms with E-state index in [4.69, 9.17) is 9.47 Å². The average molecular weight is 775 g/mol. The van der Waals surface area contributed by atoms with Crippen molar-refractivity contribution in [2.75, 3.05) is 38.6 Å². The molecule has 0 unspecified atom stereocenters. The summed E-state index contributed by atoms with van der Waals surface area (Å²) in [6.07, 6.45) is 1.56. The van der Waals surface area contributed by atoms with Crippen LogP contribution in [0.5, 0.6) is 17.4 Å². The molecule has 3 aromatic heterocycles. The average Bonchev–Trinajstić information content (AvgIpc) is 3.66. The number of carbonyl (C=O) groups is 2. The molecule has 7 rings (SSSR count). The van der Waals surface area contributed by atoms with Crippen molar-refractivity contribution >= 4 is 72.2 Å². The molecule has 10 nitrogen and oxygen atoms in total. The quantitative estimate of drug-likeness (QED) is 0.167. The molecule has 0 radical (unpaired) electrons. The number of halogens is 2. The van der Waals surface area contributed by atoms with Gasteiger partial charge in [-0.25, -0.2) is 4.98 Å². The van der Waals surface area contributed by atoms with E-state index in [9.17, 15) is 9.59 Å². The molecule has 246 valence electrons. The van der Waals surface area contributed by atoms with Crippen LogP contribution in [0.1, 0.15) is 26.5 Å². The molecule has 48 heavy (non-hydrogen) atoms. The Kier molecular flexibility index (Phi) is 9.86. The molecule has 6 aromatic rings. The van der Waals surface area contributed by atoms with E-state index in [2.05, 4.69) is 48.2 Å². The Balaban J connectivity index is 0.00000401. The lowest BCUT2D eigenvalue weighted by molar-refractivity contribution is 0.0619. The van der Waals surface area contributed by atoms with Crippen molar-refractivity contribution in [2.24, 2.45) is 7.05 Å². The molecule has 1 fully saturated rings. The van der Waals surface area contributed by atoms with Gasteiger partial charge in [0.15, 0.2) is 0 Å². The minimum atomic E-state index is -0.261. The minimum Gasteiger partial charge on any atom is -0.497 e. The van der Waals surface area contributed by atoms with Crippen molar-refractivity contribution in [3.63, 3.8) is 0 Å². The molecule has 3 aromatic carbocycles. The first kappa shape index (κ1) is 33.3. The standard InChI is InChI=1S/C36H33BrN6O4.BrH/c1-41-32-11-9-29(47-34-12-6-27(21-38-34)39-35(44)31-19-24-17-26(37)5-10-30(24)40-31)18-25(32)20-33(41)36(45)43-15-13-42(14-16-43)22-23-3-7-28(46-2)8-4-23;/h3-12,17-21,40H,13-16,22H2,1-2H3,(H,39,44);1H. The molecule has 1 aliphatic rings. The number of aryl methyl sites for hydroxylation is 1. The number of anilines is 1. The molecule has 0 atom stereocenters. The van der Waals surface area contributed by atoms with Gasteiger partial charge in [0, 0.05) is 72.1 Å². The van der Waals surface area contributed by atoms with E-state index in [0.29, 0.717) is 41.8 Å². The van der Waals surface area contributed by atoms with Crippen LogP contribution in [0.2, 0.25) is 0 Å². The lowest BCUT2D eigenvalue weighted by atomic mass is 10.2. The zero-order chi connectivity index (χ0) is 32.5. The van der Waals surface area contributed by atoms with Gasteiger partial charge in [0.05, 0.1) is 19.0 Å². The number of nitrogens with zero attached hydrogens (tertiary/aromatic N) is 4. The zero-order valence-corrected chi connectivity index (χ0v) is 29.7. The normalized spacial score (nSPS) is 13.4. The summed E-state index contributed by atoms with van der Waals surface area (Å²) in [6.45, 7) is 3.82. The number of pyridine rings is 1. The highest BCUT2D eigenvalue weighted by Crippen LogP contribution is 2.28. The molecule has 0 bridgehead atoms.